The monoisotopic (exact) mass is 317 g/mol. The normalized spacial score (nSPS) is 11.0. The second kappa shape index (κ2) is 5.87. The number of halogens is 2. The van der Waals surface area contributed by atoms with Gasteiger partial charge < -0.3 is 10.1 Å². The molecule has 0 aliphatic carbocycles. The number of aromatic nitrogens is 2. The van der Waals surface area contributed by atoms with Gasteiger partial charge in [-0.25, -0.2) is 13.8 Å². The predicted molar refractivity (Wildman–Crippen MR) is 84.9 cm³/mol. The Morgan fingerprint density at radius 1 is 1.22 bits per heavy atom. The Morgan fingerprint density at radius 2 is 1.91 bits per heavy atom. The number of aryl methyl sites for hydroxylation is 2. The highest BCUT2D eigenvalue weighted by atomic mass is 19.1. The molecule has 3 aromatic rings. The van der Waals surface area contributed by atoms with Gasteiger partial charge in [0.05, 0.1) is 11.3 Å². The molecule has 6 heteroatoms. The van der Waals surface area contributed by atoms with Crippen molar-refractivity contribution >= 4 is 11.5 Å². The minimum absolute atomic E-state index is 0.0933. The molecule has 0 unspecified atom stereocenters. The number of nitrogens with zero attached hydrogens (tertiary/aromatic N) is 2. The van der Waals surface area contributed by atoms with Crippen molar-refractivity contribution in [3.63, 3.8) is 0 Å². The molecule has 0 saturated carbocycles. The quantitative estimate of drug-likeness (QED) is 0.794. The summed E-state index contributed by atoms with van der Waals surface area (Å²) in [7, 11) is 1.81. The first kappa shape index (κ1) is 15.3. The lowest BCUT2D eigenvalue weighted by atomic mass is 10.2. The molecular weight excluding hydrogens is 300 g/mol. The van der Waals surface area contributed by atoms with Gasteiger partial charge in [0.25, 0.3) is 0 Å². The van der Waals surface area contributed by atoms with E-state index in [1.807, 2.05) is 31.5 Å². The van der Waals surface area contributed by atoms with Crippen LogP contribution in [0.2, 0.25) is 0 Å². The van der Waals surface area contributed by atoms with Crippen molar-refractivity contribution in [2.75, 3.05) is 12.4 Å². The third kappa shape index (κ3) is 2.72. The summed E-state index contributed by atoms with van der Waals surface area (Å²) in [6.45, 7) is 3.61. The van der Waals surface area contributed by atoms with Crippen LogP contribution in [0.3, 0.4) is 0 Å². The van der Waals surface area contributed by atoms with Crippen LogP contribution < -0.4 is 10.1 Å². The zero-order chi connectivity index (χ0) is 16.6. The van der Waals surface area contributed by atoms with Crippen LogP contribution in [0.1, 0.15) is 16.8 Å². The van der Waals surface area contributed by atoms with Gasteiger partial charge >= 0.3 is 0 Å². The molecular formula is C17H17F2N3O. The number of nitrogens with one attached hydrogen (secondary N) is 1. The lowest BCUT2D eigenvalue weighted by Gasteiger charge is -2.11. The number of anilines is 1. The maximum Gasteiger partial charge on any atom is 0.181 e. The van der Waals surface area contributed by atoms with E-state index >= 15 is 0 Å². The second-order valence-corrected chi connectivity index (χ2v) is 5.36. The van der Waals surface area contributed by atoms with Crippen LogP contribution in [0.25, 0.3) is 5.65 Å². The van der Waals surface area contributed by atoms with Crippen LogP contribution in [-0.2, 0) is 6.61 Å². The van der Waals surface area contributed by atoms with E-state index in [-0.39, 0.29) is 12.2 Å². The van der Waals surface area contributed by atoms with Gasteiger partial charge in [0.1, 0.15) is 24.1 Å². The van der Waals surface area contributed by atoms with Crippen LogP contribution in [-0.4, -0.2) is 16.4 Å². The van der Waals surface area contributed by atoms with Crippen LogP contribution >= 0.6 is 0 Å². The van der Waals surface area contributed by atoms with E-state index in [4.69, 9.17) is 4.74 Å². The zero-order valence-corrected chi connectivity index (χ0v) is 13.2. The van der Waals surface area contributed by atoms with E-state index in [0.29, 0.717) is 11.4 Å². The lowest BCUT2D eigenvalue weighted by molar-refractivity contribution is 0.294. The molecule has 0 radical (unpaired) electrons. The standard InChI is InChI=1S/C17H17F2N3O/c1-10-7-15(17-21-11(2)16(20-3)22(17)8-10)23-9-12-13(18)5-4-6-14(12)19/h4-8,20H,9H2,1-3H3. The summed E-state index contributed by atoms with van der Waals surface area (Å²) in [5, 5.41) is 3.09. The summed E-state index contributed by atoms with van der Waals surface area (Å²) in [4.78, 5) is 4.47. The molecule has 23 heavy (non-hydrogen) atoms. The number of fused-ring (bicyclic) bond motifs is 1. The van der Waals surface area contributed by atoms with E-state index in [1.54, 1.807) is 6.07 Å². The van der Waals surface area contributed by atoms with Crippen LogP contribution in [0.15, 0.2) is 30.5 Å². The highest BCUT2D eigenvalue weighted by Crippen LogP contribution is 2.27. The fourth-order valence-electron chi connectivity index (χ4n) is 2.59. The molecule has 0 spiro atoms. The Bertz CT molecular complexity index is 854. The van der Waals surface area contributed by atoms with Crippen molar-refractivity contribution in [1.82, 2.24) is 9.38 Å². The molecule has 0 atom stereocenters. The Labute approximate surface area is 132 Å². The second-order valence-electron chi connectivity index (χ2n) is 5.36. The molecule has 3 rings (SSSR count). The number of hydrogen-bond acceptors (Lipinski definition) is 3. The summed E-state index contributed by atoms with van der Waals surface area (Å²) in [5.41, 5.74) is 2.29. The van der Waals surface area contributed by atoms with E-state index < -0.39 is 11.6 Å². The highest BCUT2D eigenvalue weighted by molar-refractivity contribution is 5.63. The largest absolute Gasteiger partial charge is 0.485 e. The number of hydrogen-bond donors (Lipinski definition) is 1. The molecule has 2 aromatic heterocycles. The highest BCUT2D eigenvalue weighted by Gasteiger charge is 2.15. The summed E-state index contributed by atoms with van der Waals surface area (Å²) in [5.74, 6) is 0.0936. The van der Waals surface area contributed by atoms with Gasteiger partial charge in [-0.05, 0) is 37.6 Å². The number of benzene rings is 1. The van der Waals surface area contributed by atoms with E-state index in [9.17, 15) is 8.78 Å². The van der Waals surface area contributed by atoms with Crippen molar-refractivity contribution in [1.29, 1.82) is 0 Å². The van der Waals surface area contributed by atoms with Gasteiger partial charge in [0.15, 0.2) is 11.4 Å². The topological polar surface area (TPSA) is 38.6 Å². The summed E-state index contributed by atoms with van der Waals surface area (Å²) < 4.78 is 35.0. The third-order valence-electron chi connectivity index (χ3n) is 3.67. The van der Waals surface area contributed by atoms with E-state index in [1.165, 1.54) is 18.2 Å². The molecule has 0 amide bonds. The average molecular weight is 317 g/mol. The maximum atomic E-state index is 13.7. The molecule has 2 heterocycles. The Balaban J connectivity index is 2.00. The summed E-state index contributed by atoms with van der Waals surface area (Å²) in [6, 6.07) is 5.56. The fourth-order valence-corrected chi connectivity index (χ4v) is 2.59. The minimum Gasteiger partial charge on any atom is -0.485 e. The average Bonchev–Trinajstić information content (AvgIpc) is 2.82. The Morgan fingerprint density at radius 3 is 2.57 bits per heavy atom. The predicted octanol–water partition coefficient (Wildman–Crippen LogP) is 3.85. The van der Waals surface area contributed by atoms with Crippen molar-refractivity contribution < 1.29 is 13.5 Å². The molecule has 0 aliphatic heterocycles. The molecule has 120 valence electrons. The van der Waals surface area contributed by atoms with E-state index in [2.05, 4.69) is 10.3 Å². The first-order valence-corrected chi connectivity index (χ1v) is 7.24. The van der Waals surface area contributed by atoms with Gasteiger partial charge in [0, 0.05) is 13.2 Å². The number of rotatable bonds is 4. The molecule has 0 bridgehead atoms. The Hall–Kier alpha value is -2.63. The maximum absolute atomic E-state index is 13.7. The van der Waals surface area contributed by atoms with Crippen molar-refractivity contribution in [3.05, 3.63) is 58.9 Å². The Kier molecular flexibility index (Phi) is 3.90. The summed E-state index contributed by atoms with van der Waals surface area (Å²) in [6.07, 6.45) is 1.93. The van der Waals surface area contributed by atoms with Crippen LogP contribution in [0.5, 0.6) is 5.75 Å². The van der Waals surface area contributed by atoms with Gasteiger partial charge in [0.2, 0.25) is 0 Å². The number of imidazole rings is 1. The SMILES string of the molecule is CNc1c(C)nc2c(OCc3c(F)cccc3F)cc(C)cn12. The molecule has 0 aliphatic rings. The minimum atomic E-state index is -0.621. The van der Waals surface area contributed by atoms with Crippen molar-refractivity contribution in [3.8, 4) is 5.75 Å². The number of ether oxygens (including phenoxy) is 1. The van der Waals surface area contributed by atoms with Gasteiger partial charge in [-0.1, -0.05) is 6.07 Å². The number of pyridine rings is 1. The van der Waals surface area contributed by atoms with Crippen LogP contribution in [0, 0.1) is 25.5 Å². The van der Waals surface area contributed by atoms with E-state index in [0.717, 1.165) is 17.1 Å². The molecule has 4 nitrogen and oxygen atoms in total. The summed E-state index contributed by atoms with van der Waals surface area (Å²) >= 11 is 0. The molecule has 0 saturated heterocycles. The van der Waals surface area contributed by atoms with Gasteiger partial charge in [-0.2, -0.15) is 0 Å². The van der Waals surface area contributed by atoms with Crippen molar-refractivity contribution in [2.24, 2.45) is 0 Å². The first-order valence-electron chi connectivity index (χ1n) is 7.24. The molecule has 0 fully saturated rings. The first-order chi connectivity index (χ1) is 11.0. The van der Waals surface area contributed by atoms with Gasteiger partial charge in [-0.3, -0.25) is 4.40 Å². The van der Waals surface area contributed by atoms with Crippen molar-refractivity contribution in [2.45, 2.75) is 20.5 Å². The lowest BCUT2D eigenvalue weighted by Crippen LogP contribution is -2.04. The fraction of sp³-hybridized carbons (Fsp3) is 0.235. The molecule has 1 N–H and O–H groups in total. The zero-order valence-electron chi connectivity index (χ0n) is 13.2. The van der Waals surface area contributed by atoms with Crippen LogP contribution in [0.4, 0.5) is 14.6 Å². The smallest absolute Gasteiger partial charge is 0.181 e. The molecule has 1 aromatic carbocycles. The van der Waals surface area contributed by atoms with Gasteiger partial charge in [-0.15, -0.1) is 0 Å². The third-order valence-corrected chi connectivity index (χ3v) is 3.67.